The van der Waals surface area contributed by atoms with Crippen molar-refractivity contribution in [3.63, 3.8) is 0 Å². The summed E-state index contributed by atoms with van der Waals surface area (Å²) in [6, 6.07) is 8.00. The van der Waals surface area contributed by atoms with Gasteiger partial charge in [0.1, 0.15) is 29.5 Å². The van der Waals surface area contributed by atoms with Gasteiger partial charge in [-0.1, -0.05) is 11.6 Å². The van der Waals surface area contributed by atoms with Gasteiger partial charge in [-0.25, -0.2) is 24.0 Å². The van der Waals surface area contributed by atoms with E-state index in [1.807, 2.05) is 12.1 Å². The summed E-state index contributed by atoms with van der Waals surface area (Å²) in [6.07, 6.45) is 6.21. The number of halogens is 2. The molecule has 3 aromatic heterocycles. The van der Waals surface area contributed by atoms with Gasteiger partial charge >= 0.3 is 0 Å². The van der Waals surface area contributed by atoms with Crippen LogP contribution in [-0.4, -0.2) is 49.0 Å². The fourth-order valence-corrected chi connectivity index (χ4v) is 5.13. The highest BCUT2D eigenvalue weighted by atomic mass is 35.5. The Hall–Kier alpha value is -3.81. The highest BCUT2D eigenvalue weighted by Crippen LogP contribution is 2.49. The number of aliphatic hydroxyl groups is 1. The predicted molar refractivity (Wildman–Crippen MR) is 124 cm³/mol. The van der Waals surface area contributed by atoms with Crippen LogP contribution in [-0.2, 0) is 0 Å². The monoisotopic (exact) mass is 476 g/mol. The first kappa shape index (κ1) is 20.8. The molecule has 34 heavy (non-hydrogen) atoms. The largest absolute Gasteiger partial charge is 0.393 e. The molecular formula is C23H18ClFN8O. The van der Waals surface area contributed by atoms with Crippen molar-refractivity contribution in [3.05, 3.63) is 59.4 Å². The van der Waals surface area contributed by atoms with Gasteiger partial charge in [-0.3, -0.25) is 0 Å². The molecule has 0 unspecified atom stereocenters. The first-order valence-electron chi connectivity index (χ1n) is 10.7. The molecule has 9 nitrogen and oxygen atoms in total. The van der Waals surface area contributed by atoms with Crippen LogP contribution in [0.2, 0.25) is 5.02 Å². The molecule has 0 atom stereocenters. The van der Waals surface area contributed by atoms with Crippen LogP contribution in [0.3, 0.4) is 0 Å². The molecule has 1 aromatic carbocycles. The number of aliphatic hydroxyl groups excluding tert-OH is 1. The summed E-state index contributed by atoms with van der Waals surface area (Å²) in [7, 11) is 0. The molecule has 0 bridgehead atoms. The third kappa shape index (κ3) is 3.41. The number of anilines is 3. The number of hydrogen-bond donors (Lipinski definition) is 2. The third-order valence-corrected chi connectivity index (χ3v) is 6.72. The lowest BCUT2D eigenvalue weighted by Crippen LogP contribution is -2.64. The van der Waals surface area contributed by atoms with Crippen LogP contribution < -0.4 is 10.2 Å². The van der Waals surface area contributed by atoms with Gasteiger partial charge in [0.2, 0.25) is 0 Å². The van der Waals surface area contributed by atoms with E-state index in [2.05, 4.69) is 30.3 Å². The van der Waals surface area contributed by atoms with Crippen LogP contribution in [0.25, 0.3) is 16.6 Å². The molecule has 0 amide bonds. The maximum atomic E-state index is 14.7. The van der Waals surface area contributed by atoms with E-state index < -0.39 is 5.82 Å². The SMILES string of the molecule is N#Cc1cc(F)c(-n2ncc3cnc(Nc4cc(N5CC6(CC(O)C6)C5)ncn4)cc32)c(Cl)c1. The predicted octanol–water partition coefficient (Wildman–Crippen LogP) is 3.58. The summed E-state index contributed by atoms with van der Waals surface area (Å²) in [4.78, 5) is 15.2. The number of benzene rings is 1. The number of nitriles is 1. The minimum Gasteiger partial charge on any atom is -0.393 e. The van der Waals surface area contributed by atoms with Crippen molar-refractivity contribution < 1.29 is 9.50 Å². The lowest BCUT2D eigenvalue weighted by atomic mass is 9.62. The number of aromatic nitrogens is 5. The number of fused-ring (bicyclic) bond motifs is 1. The second-order valence-corrected chi connectivity index (χ2v) is 9.30. The van der Waals surface area contributed by atoms with Gasteiger partial charge in [-0.2, -0.15) is 10.4 Å². The number of pyridine rings is 1. The Kier molecular flexibility index (Phi) is 4.65. The Labute approximate surface area is 198 Å². The lowest BCUT2D eigenvalue weighted by molar-refractivity contribution is -0.0494. The number of rotatable bonds is 4. The summed E-state index contributed by atoms with van der Waals surface area (Å²) in [5.41, 5.74) is 1.01. The molecule has 0 radical (unpaired) electrons. The van der Waals surface area contributed by atoms with Crippen LogP contribution in [0.1, 0.15) is 18.4 Å². The zero-order valence-electron chi connectivity index (χ0n) is 17.8. The molecule has 4 heterocycles. The Morgan fingerprint density at radius 3 is 2.65 bits per heavy atom. The summed E-state index contributed by atoms with van der Waals surface area (Å²) < 4.78 is 16.1. The number of nitrogens with one attached hydrogen (secondary N) is 1. The highest BCUT2D eigenvalue weighted by Gasteiger charge is 2.52. The van der Waals surface area contributed by atoms with Gasteiger partial charge in [0.05, 0.1) is 34.5 Å². The van der Waals surface area contributed by atoms with Crippen molar-refractivity contribution >= 4 is 40.0 Å². The van der Waals surface area contributed by atoms with Gasteiger partial charge < -0.3 is 15.3 Å². The summed E-state index contributed by atoms with van der Waals surface area (Å²) >= 11 is 6.27. The fourth-order valence-electron chi connectivity index (χ4n) is 4.84. The average molecular weight is 477 g/mol. The van der Waals surface area contributed by atoms with Crippen LogP contribution in [0.4, 0.5) is 21.8 Å². The van der Waals surface area contributed by atoms with Crippen LogP contribution in [0.15, 0.2) is 43.0 Å². The maximum Gasteiger partial charge on any atom is 0.151 e. The maximum absolute atomic E-state index is 14.7. The summed E-state index contributed by atoms with van der Waals surface area (Å²) in [6.45, 7) is 1.75. The Morgan fingerprint density at radius 1 is 1.12 bits per heavy atom. The number of hydrogen-bond acceptors (Lipinski definition) is 8. The first-order chi connectivity index (χ1) is 16.4. The molecule has 1 saturated heterocycles. The van der Waals surface area contributed by atoms with Gasteiger partial charge in [0, 0.05) is 42.2 Å². The van der Waals surface area contributed by atoms with Gasteiger partial charge in [0.15, 0.2) is 5.82 Å². The minimum absolute atomic E-state index is 0.0602. The zero-order valence-corrected chi connectivity index (χ0v) is 18.5. The molecule has 2 N–H and O–H groups in total. The van der Waals surface area contributed by atoms with E-state index in [1.165, 1.54) is 17.1 Å². The second kappa shape index (κ2) is 7.62. The van der Waals surface area contributed by atoms with E-state index in [1.54, 1.807) is 18.5 Å². The standard InChI is InChI=1S/C23H18ClFN8O/c24-16-1-13(7-26)2-17(25)22(16)33-18-3-19(27-8-14(18)9-30-33)31-20-4-21(29-12-28-20)32-10-23(11-32)5-15(34)6-23/h1-4,8-9,12,15,34H,5-6,10-11H2,(H,27,28,29,31). The quantitative estimate of drug-likeness (QED) is 0.459. The first-order valence-corrected chi connectivity index (χ1v) is 11.1. The molecule has 4 aromatic rings. The summed E-state index contributed by atoms with van der Waals surface area (Å²) in [5.74, 6) is 1.22. The van der Waals surface area contributed by atoms with E-state index in [-0.39, 0.29) is 27.8 Å². The molecular weight excluding hydrogens is 459 g/mol. The third-order valence-electron chi connectivity index (χ3n) is 6.43. The Morgan fingerprint density at radius 2 is 1.91 bits per heavy atom. The molecule has 2 aliphatic rings. The van der Waals surface area contributed by atoms with E-state index in [0.717, 1.165) is 37.8 Å². The normalized spacial score (nSPS) is 16.8. The minimum atomic E-state index is -0.646. The van der Waals surface area contributed by atoms with E-state index >= 15 is 0 Å². The molecule has 6 rings (SSSR count). The van der Waals surface area contributed by atoms with Crippen molar-refractivity contribution in [1.82, 2.24) is 24.7 Å². The average Bonchev–Trinajstić information content (AvgIpc) is 3.18. The van der Waals surface area contributed by atoms with Crippen molar-refractivity contribution in [2.75, 3.05) is 23.3 Å². The topological polar surface area (TPSA) is 116 Å². The van der Waals surface area contributed by atoms with Crippen molar-refractivity contribution in [3.8, 4) is 11.8 Å². The second-order valence-electron chi connectivity index (χ2n) is 8.89. The zero-order chi connectivity index (χ0) is 23.4. The Bertz CT molecular complexity index is 1440. The summed E-state index contributed by atoms with van der Waals surface area (Å²) in [5, 5.41) is 26.9. The molecule has 1 saturated carbocycles. The van der Waals surface area contributed by atoms with Crippen molar-refractivity contribution in [2.24, 2.45) is 5.41 Å². The van der Waals surface area contributed by atoms with Gasteiger partial charge in [-0.15, -0.1) is 0 Å². The molecule has 1 aliphatic heterocycles. The van der Waals surface area contributed by atoms with E-state index in [0.29, 0.717) is 22.5 Å². The van der Waals surface area contributed by atoms with Gasteiger partial charge in [0.25, 0.3) is 0 Å². The van der Waals surface area contributed by atoms with E-state index in [4.69, 9.17) is 16.9 Å². The van der Waals surface area contributed by atoms with E-state index in [9.17, 15) is 9.50 Å². The van der Waals surface area contributed by atoms with Crippen LogP contribution in [0, 0.1) is 22.6 Å². The molecule has 11 heteroatoms. The molecule has 2 fully saturated rings. The Balaban J connectivity index is 1.27. The van der Waals surface area contributed by atoms with Crippen molar-refractivity contribution in [2.45, 2.75) is 18.9 Å². The van der Waals surface area contributed by atoms with Gasteiger partial charge in [-0.05, 0) is 25.0 Å². The molecule has 1 spiro atoms. The van der Waals surface area contributed by atoms with Crippen LogP contribution >= 0.6 is 11.6 Å². The number of nitrogens with zero attached hydrogens (tertiary/aromatic N) is 7. The molecule has 1 aliphatic carbocycles. The van der Waals surface area contributed by atoms with Crippen molar-refractivity contribution in [1.29, 1.82) is 5.26 Å². The lowest BCUT2D eigenvalue weighted by Gasteiger charge is -2.58. The smallest absolute Gasteiger partial charge is 0.151 e. The fraction of sp³-hybridized carbons (Fsp3) is 0.261. The highest BCUT2D eigenvalue weighted by molar-refractivity contribution is 6.32. The molecule has 170 valence electrons. The van der Waals surface area contributed by atoms with Crippen LogP contribution in [0.5, 0.6) is 0 Å².